The minimum Gasteiger partial charge on any atom is -0.465 e. The number of esters is 1. The number of carbonyl (C=O) groups is 1. The standard InChI is InChI=1S/C13H14BrN3O2/c1-3-19-13(18)8-17-7-12(15-16-17)10-5-4-9(2)6-11(10)14/h4-7H,3,8H2,1-2H3. The normalized spacial score (nSPS) is 10.5. The average Bonchev–Trinajstić information content (AvgIpc) is 2.77. The molecule has 0 aliphatic rings. The lowest BCUT2D eigenvalue weighted by molar-refractivity contribution is -0.144. The number of ether oxygens (including phenoxy) is 1. The molecule has 0 amide bonds. The molecule has 2 aromatic rings. The van der Waals surface area contributed by atoms with Crippen molar-refractivity contribution in [1.82, 2.24) is 15.0 Å². The van der Waals surface area contributed by atoms with Crippen LogP contribution in [0.15, 0.2) is 28.9 Å². The highest BCUT2D eigenvalue weighted by Crippen LogP contribution is 2.27. The molecule has 1 aromatic heterocycles. The van der Waals surface area contributed by atoms with Gasteiger partial charge in [0.25, 0.3) is 0 Å². The highest BCUT2D eigenvalue weighted by atomic mass is 79.9. The Hall–Kier alpha value is -1.69. The molecule has 0 radical (unpaired) electrons. The molecule has 5 nitrogen and oxygen atoms in total. The predicted molar refractivity (Wildman–Crippen MR) is 74.5 cm³/mol. The van der Waals surface area contributed by atoms with E-state index in [0.29, 0.717) is 6.61 Å². The fraction of sp³-hybridized carbons (Fsp3) is 0.308. The second-order valence-electron chi connectivity index (χ2n) is 4.09. The molecule has 19 heavy (non-hydrogen) atoms. The van der Waals surface area contributed by atoms with Gasteiger partial charge < -0.3 is 4.74 Å². The summed E-state index contributed by atoms with van der Waals surface area (Å²) < 4.78 is 7.29. The first kappa shape index (κ1) is 13.7. The van der Waals surface area contributed by atoms with Gasteiger partial charge in [0, 0.05) is 10.0 Å². The van der Waals surface area contributed by atoms with E-state index in [4.69, 9.17) is 4.74 Å². The second-order valence-corrected chi connectivity index (χ2v) is 4.94. The fourth-order valence-corrected chi connectivity index (χ4v) is 2.36. The van der Waals surface area contributed by atoms with E-state index in [0.717, 1.165) is 21.3 Å². The number of hydrogen-bond donors (Lipinski definition) is 0. The van der Waals surface area contributed by atoms with Gasteiger partial charge in [-0.2, -0.15) is 0 Å². The Bertz CT molecular complexity index is 595. The maximum Gasteiger partial charge on any atom is 0.327 e. The Morgan fingerprint density at radius 1 is 1.47 bits per heavy atom. The zero-order valence-corrected chi connectivity index (χ0v) is 12.3. The third-order valence-electron chi connectivity index (χ3n) is 2.54. The van der Waals surface area contributed by atoms with Gasteiger partial charge in [0.2, 0.25) is 0 Å². The van der Waals surface area contributed by atoms with E-state index in [1.807, 2.05) is 25.1 Å². The van der Waals surface area contributed by atoms with E-state index in [1.165, 1.54) is 4.68 Å². The number of aryl methyl sites for hydroxylation is 1. The van der Waals surface area contributed by atoms with Crippen molar-refractivity contribution in [3.8, 4) is 11.3 Å². The second kappa shape index (κ2) is 5.97. The lowest BCUT2D eigenvalue weighted by Gasteiger charge is -2.01. The first-order chi connectivity index (χ1) is 9.10. The fourth-order valence-electron chi connectivity index (χ4n) is 1.67. The van der Waals surface area contributed by atoms with Crippen LogP contribution in [0.1, 0.15) is 12.5 Å². The van der Waals surface area contributed by atoms with E-state index in [1.54, 1.807) is 13.1 Å². The first-order valence-electron chi connectivity index (χ1n) is 5.92. The van der Waals surface area contributed by atoms with Crippen LogP contribution >= 0.6 is 15.9 Å². The van der Waals surface area contributed by atoms with Crippen molar-refractivity contribution < 1.29 is 9.53 Å². The molecule has 100 valence electrons. The van der Waals surface area contributed by atoms with Crippen LogP contribution in [0.5, 0.6) is 0 Å². The smallest absolute Gasteiger partial charge is 0.327 e. The number of nitrogens with zero attached hydrogens (tertiary/aromatic N) is 3. The number of halogens is 1. The summed E-state index contributed by atoms with van der Waals surface area (Å²) in [7, 11) is 0. The van der Waals surface area contributed by atoms with Crippen LogP contribution in [0.4, 0.5) is 0 Å². The molecule has 0 bridgehead atoms. The number of carbonyl (C=O) groups excluding carboxylic acids is 1. The summed E-state index contributed by atoms with van der Waals surface area (Å²) in [4.78, 5) is 11.3. The van der Waals surface area contributed by atoms with Crippen molar-refractivity contribution in [2.75, 3.05) is 6.61 Å². The molecule has 0 aliphatic heterocycles. The van der Waals surface area contributed by atoms with Crippen molar-refractivity contribution in [3.63, 3.8) is 0 Å². The molecule has 6 heteroatoms. The van der Waals surface area contributed by atoms with Gasteiger partial charge in [-0.1, -0.05) is 33.3 Å². The van der Waals surface area contributed by atoms with Crippen LogP contribution in [0.2, 0.25) is 0 Å². The van der Waals surface area contributed by atoms with E-state index < -0.39 is 0 Å². The maximum absolute atomic E-state index is 11.3. The van der Waals surface area contributed by atoms with Crippen LogP contribution in [-0.4, -0.2) is 27.6 Å². The number of benzene rings is 1. The van der Waals surface area contributed by atoms with Crippen LogP contribution in [0, 0.1) is 6.92 Å². The van der Waals surface area contributed by atoms with Gasteiger partial charge in [0.15, 0.2) is 0 Å². The number of hydrogen-bond acceptors (Lipinski definition) is 4. The lowest BCUT2D eigenvalue weighted by atomic mass is 10.1. The third-order valence-corrected chi connectivity index (χ3v) is 3.19. The molecular formula is C13H14BrN3O2. The molecule has 2 rings (SSSR count). The molecule has 1 aromatic carbocycles. The topological polar surface area (TPSA) is 57.0 Å². The van der Waals surface area contributed by atoms with Crippen molar-refractivity contribution in [2.24, 2.45) is 0 Å². The third kappa shape index (κ3) is 3.41. The van der Waals surface area contributed by atoms with E-state index in [2.05, 4.69) is 26.2 Å². The molecule has 0 atom stereocenters. The van der Waals surface area contributed by atoms with Gasteiger partial charge in [-0.05, 0) is 25.5 Å². The van der Waals surface area contributed by atoms with Crippen molar-refractivity contribution >= 4 is 21.9 Å². The maximum atomic E-state index is 11.3. The predicted octanol–water partition coefficient (Wildman–Crippen LogP) is 2.58. The quantitative estimate of drug-likeness (QED) is 0.811. The van der Waals surface area contributed by atoms with Crippen LogP contribution < -0.4 is 0 Å². The zero-order chi connectivity index (χ0) is 13.8. The summed E-state index contributed by atoms with van der Waals surface area (Å²) in [6.07, 6.45) is 1.73. The Kier molecular flexibility index (Phi) is 4.31. The van der Waals surface area contributed by atoms with Gasteiger partial charge in [-0.25, -0.2) is 4.68 Å². The molecule has 1 heterocycles. The van der Waals surface area contributed by atoms with E-state index in [-0.39, 0.29) is 12.5 Å². The molecular weight excluding hydrogens is 310 g/mol. The summed E-state index contributed by atoms with van der Waals surface area (Å²) >= 11 is 3.50. The molecule has 0 saturated carbocycles. The van der Waals surface area contributed by atoms with E-state index in [9.17, 15) is 4.79 Å². The summed E-state index contributed by atoms with van der Waals surface area (Å²) in [5.41, 5.74) is 2.83. The molecule has 0 aliphatic carbocycles. The van der Waals surface area contributed by atoms with Crippen LogP contribution in [-0.2, 0) is 16.1 Å². The van der Waals surface area contributed by atoms with Crippen molar-refractivity contribution in [1.29, 1.82) is 0 Å². The van der Waals surface area contributed by atoms with Crippen molar-refractivity contribution in [3.05, 3.63) is 34.4 Å². The Labute approximate surface area is 119 Å². The highest BCUT2D eigenvalue weighted by Gasteiger charge is 2.10. The zero-order valence-electron chi connectivity index (χ0n) is 10.8. The monoisotopic (exact) mass is 323 g/mol. The first-order valence-corrected chi connectivity index (χ1v) is 6.71. The lowest BCUT2D eigenvalue weighted by Crippen LogP contribution is -2.13. The Balaban J connectivity index is 2.18. The van der Waals surface area contributed by atoms with Gasteiger partial charge in [-0.15, -0.1) is 5.10 Å². The Morgan fingerprint density at radius 3 is 2.95 bits per heavy atom. The molecule has 0 fully saturated rings. The minimum atomic E-state index is -0.318. The molecule has 0 unspecified atom stereocenters. The number of rotatable bonds is 4. The molecule has 0 N–H and O–H groups in total. The van der Waals surface area contributed by atoms with Crippen LogP contribution in [0.25, 0.3) is 11.3 Å². The highest BCUT2D eigenvalue weighted by molar-refractivity contribution is 9.10. The number of aromatic nitrogens is 3. The van der Waals surface area contributed by atoms with Gasteiger partial charge in [0.05, 0.1) is 12.8 Å². The minimum absolute atomic E-state index is 0.0737. The van der Waals surface area contributed by atoms with E-state index >= 15 is 0 Å². The summed E-state index contributed by atoms with van der Waals surface area (Å²) in [6.45, 7) is 4.23. The molecule has 0 saturated heterocycles. The summed E-state index contributed by atoms with van der Waals surface area (Å²) in [5, 5.41) is 7.99. The summed E-state index contributed by atoms with van der Waals surface area (Å²) in [5.74, 6) is -0.318. The largest absolute Gasteiger partial charge is 0.465 e. The summed E-state index contributed by atoms with van der Waals surface area (Å²) in [6, 6.07) is 5.99. The molecule has 0 spiro atoms. The Morgan fingerprint density at radius 2 is 2.26 bits per heavy atom. The average molecular weight is 324 g/mol. The van der Waals surface area contributed by atoms with Crippen LogP contribution in [0.3, 0.4) is 0 Å². The SMILES string of the molecule is CCOC(=O)Cn1cc(-c2ccc(C)cc2Br)nn1. The van der Waals surface area contributed by atoms with Gasteiger partial charge in [0.1, 0.15) is 12.2 Å². The van der Waals surface area contributed by atoms with Crippen molar-refractivity contribution in [2.45, 2.75) is 20.4 Å². The van der Waals surface area contributed by atoms with Gasteiger partial charge in [-0.3, -0.25) is 4.79 Å². The van der Waals surface area contributed by atoms with Gasteiger partial charge >= 0.3 is 5.97 Å².